The van der Waals surface area contributed by atoms with Crippen LogP contribution in [0.5, 0.6) is 0 Å². The SMILES string of the molecule is CC(C(=O)Nc1ccc(Cl)cn1)C1CNCC(c2cc[n+]([O-])cc2)C1. The molecule has 6 nitrogen and oxygen atoms in total. The molecule has 0 bridgehead atoms. The highest BCUT2D eigenvalue weighted by Gasteiger charge is 2.30. The number of halogens is 1. The molecule has 2 N–H and O–H groups in total. The topological polar surface area (TPSA) is 81.0 Å². The van der Waals surface area contributed by atoms with Gasteiger partial charge in [0.25, 0.3) is 0 Å². The summed E-state index contributed by atoms with van der Waals surface area (Å²) in [7, 11) is 0. The standard InChI is InChI=1S/C18H21ClN4O2/c1-12(18(24)22-17-3-2-16(19)11-21-17)14-8-15(10-20-9-14)13-4-6-23(25)7-5-13/h2-7,11-12,14-15,20H,8-10H2,1H3,(H,21,22,24). The van der Waals surface area contributed by atoms with Crippen LogP contribution in [0.4, 0.5) is 5.82 Å². The van der Waals surface area contributed by atoms with E-state index < -0.39 is 0 Å². The highest BCUT2D eigenvalue weighted by Crippen LogP contribution is 2.30. The minimum Gasteiger partial charge on any atom is -0.619 e. The molecule has 0 aliphatic carbocycles. The molecule has 3 rings (SSSR count). The van der Waals surface area contributed by atoms with Gasteiger partial charge in [-0.3, -0.25) is 4.79 Å². The van der Waals surface area contributed by atoms with E-state index in [4.69, 9.17) is 11.6 Å². The van der Waals surface area contributed by atoms with Gasteiger partial charge in [-0.2, -0.15) is 4.73 Å². The molecule has 2 aromatic heterocycles. The van der Waals surface area contributed by atoms with Crippen molar-refractivity contribution >= 4 is 23.3 Å². The Kier molecular flexibility index (Phi) is 5.50. The van der Waals surface area contributed by atoms with Crippen LogP contribution in [-0.4, -0.2) is 24.0 Å². The predicted octanol–water partition coefficient (Wildman–Crippen LogP) is 2.34. The van der Waals surface area contributed by atoms with Crippen molar-refractivity contribution < 1.29 is 9.52 Å². The number of hydrogen-bond donors (Lipinski definition) is 2. The number of rotatable bonds is 4. The van der Waals surface area contributed by atoms with Crippen molar-refractivity contribution in [1.29, 1.82) is 0 Å². The molecule has 0 radical (unpaired) electrons. The van der Waals surface area contributed by atoms with Gasteiger partial charge in [-0.1, -0.05) is 18.5 Å². The first-order valence-electron chi connectivity index (χ1n) is 8.35. The molecule has 1 amide bonds. The van der Waals surface area contributed by atoms with Crippen molar-refractivity contribution in [2.75, 3.05) is 18.4 Å². The second-order valence-corrected chi connectivity index (χ2v) is 6.92. The van der Waals surface area contributed by atoms with Crippen LogP contribution in [0.15, 0.2) is 42.9 Å². The second-order valence-electron chi connectivity index (χ2n) is 6.48. The van der Waals surface area contributed by atoms with Gasteiger partial charge < -0.3 is 15.8 Å². The molecule has 3 heterocycles. The van der Waals surface area contributed by atoms with Gasteiger partial charge >= 0.3 is 0 Å². The number of carbonyl (C=O) groups is 1. The summed E-state index contributed by atoms with van der Waals surface area (Å²) in [5.41, 5.74) is 1.12. The van der Waals surface area contributed by atoms with Crippen molar-refractivity contribution in [3.63, 3.8) is 0 Å². The summed E-state index contributed by atoms with van der Waals surface area (Å²) in [6.07, 6.45) is 5.44. The van der Waals surface area contributed by atoms with Crippen molar-refractivity contribution in [3.8, 4) is 0 Å². The molecule has 3 atom stereocenters. The monoisotopic (exact) mass is 360 g/mol. The maximum Gasteiger partial charge on any atom is 0.228 e. The number of nitrogens with zero attached hydrogens (tertiary/aromatic N) is 2. The molecule has 1 aliphatic rings. The van der Waals surface area contributed by atoms with Crippen LogP contribution >= 0.6 is 11.6 Å². The summed E-state index contributed by atoms with van der Waals surface area (Å²) < 4.78 is 0.784. The van der Waals surface area contributed by atoms with Gasteiger partial charge in [0.05, 0.1) is 5.02 Å². The average molecular weight is 361 g/mol. The Hall–Kier alpha value is -2.18. The number of hydrogen-bond acceptors (Lipinski definition) is 4. The normalized spacial score (nSPS) is 21.5. The fourth-order valence-corrected chi connectivity index (χ4v) is 3.32. The number of anilines is 1. The van der Waals surface area contributed by atoms with Gasteiger partial charge in [0, 0.05) is 30.8 Å². The van der Waals surface area contributed by atoms with Gasteiger partial charge in [-0.25, -0.2) is 4.98 Å². The molecule has 1 saturated heterocycles. The molecule has 25 heavy (non-hydrogen) atoms. The lowest BCUT2D eigenvalue weighted by molar-refractivity contribution is -0.605. The van der Waals surface area contributed by atoms with Gasteiger partial charge in [0.15, 0.2) is 12.4 Å². The number of amides is 1. The Bertz CT molecular complexity index is 721. The van der Waals surface area contributed by atoms with E-state index in [0.717, 1.165) is 29.8 Å². The largest absolute Gasteiger partial charge is 0.619 e. The Morgan fingerprint density at radius 1 is 1.36 bits per heavy atom. The Morgan fingerprint density at radius 2 is 2.12 bits per heavy atom. The lowest BCUT2D eigenvalue weighted by atomic mass is 9.79. The molecule has 3 unspecified atom stereocenters. The van der Waals surface area contributed by atoms with Crippen molar-refractivity contribution in [1.82, 2.24) is 10.3 Å². The van der Waals surface area contributed by atoms with E-state index in [1.54, 1.807) is 12.1 Å². The van der Waals surface area contributed by atoms with Crippen LogP contribution in [0, 0.1) is 17.0 Å². The third-order valence-electron chi connectivity index (χ3n) is 4.78. The van der Waals surface area contributed by atoms with Gasteiger partial charge in [-0.05, 0) is 42.5 Å². The summed E-state index contributed by atoms with van der Waals surface area (Å²) >= 11 is 5.81. The Morgan fingerprint density at radius 3 is 2.80 bits per heavy atom. The Balaban J connectivity index is 1.62. The first-order valence-corrected chi connectivity index (χ1v) is 8.72. The van der Waals surface area contributed by atoms with Crippen LogP contribution in [0.2, 0.25) is 5.02 Å². The molecule has 0 spiro atoms. The summed E-state index contributed by atoms with van der Waals surface area (Å²) in [6, 6.07) is 7.09. The van der Waals surface area contributed by atoms with E-state index in [-0.39, 0.29) is 17.7 Å². The maximum absolute atomic E-state index is 12.5. The molecule has 2 aromatic rings. The van der Waals surface area contributed by atoms with Crippen LogP contribution < -0.4 is 15.4 Å². The Labute approximate surface area is 151 Å². The zero-order valence-corrected chi connectivity index (χ0v) is 14.7. The average Bonchev–Trinajstić information content (AvgIpc) is 2.63. The molecule has 132 valence electrons. The van der Waals surface area contributed by atoms with Gasteiger partial charge in [0.1, 0.15) is 5.82 Å². The highest BCUT2D eigenvalue weighted by molar-refractivity contribution is 6.30. The number of carbonyl (C=O) groups excluding carboxylic acids is 1. The van der Waals surface area contributed by atoms with Crippen molar-refractivity contribution in [2.24, 2.45) is 11.8 Å². The fourth-order valence-electron chi connectivity index (χ4n) is 3.21. The molecule has 1 fully saturated rings. The predicted molar refractivity (Wildman–Crippen MR) is 96.2 cm³/mol. The molecular weight excluding hydrogens is 340 g/mol. The summed E-state index contributed by atoms with van der Waals surface area (Å²) in [6.45, 7) is 3.59. The van der Waals surface area contributed by atoms with E-state index in [1.807, 2.05) is 19.1 Å². The molecule has 0 aromatic carbocycles. The van der Waals surface area contributed by atoms with E-state index in [2.05, 4.69) is 15.6 Å². The summed E-state index contributed by atoms with van der Waals surface area (Å²) in [5, 5.41) is 18.0. The lowest BCUT2D eigenvalue weighted by Crippen LogP contribution is -2.41. The lowest BCUT2D eigenvalue weighted by Gasteiger charge is -2.33. The smallest absolute Gasteiger partial charge is 0.228 e. The molecule has 1 aliphatic heterocycles. The van der Waals surface area contributed by atoms with Crippen LogP contribution in [0.3, 0.4) is 0 Å². The van der Waals surface area contributed by atoms with Crippen molar-refractivity contribution in [3.05, 3.63) is 58.6 Å². The summed E-state index contributed by atoms with van der Waals surface area (Å²) in [4.78, 5) is 16.6. The first-order chi connectivity index (χ1) is 12.0. The number of nitrogens with one attached hydrogen (secondary N) is 2. The zero-order valence-electron chi connectivity index (χ0n) is 14.0. The van der Waals surface area contributed by atoms with Gasteiger partial charge in [-0.15, -0.1) is 0 Å². The number of piperidine rings is 1. The third kappa shape index (κ3) is 4.46. The number of pyridine rings is 2. The van der Waals surface area contributed by atoms with Crippen LogP contribution in [-0.2, 0) is 4.79 Å². The highest BCUT2D eigenvalue weighted by atomic mass is 35.5. The van der Waals surface area contributed by atoms with Crippen LogP contribution in [0.1, 0.15) is 24.8 Å². The zero-order chi connectivity index (χ0) is 17.8. The minimum absolute atomic E-state index is 0.0484. The van der Waals surface area contributed by atoms with E-state index in [1.165, 1.54) is 18.6 Å². The molecule has 7 heteroatoms. The molecule has 0 saturated carbocycles. The van der Waals surface area contributed by atoms with Crippen molar-refractivity contribution in [2.45, 2.75) is 19.3 Å². The van der Waals surface area contributed by atoms with Crippen LogP contribution in [0.25, 0.3) is 0 Å². The molecular formula is C18H21ClN4O2. The fraction of sp³-hybridized carbons (Fsp3) is 0.389. The number of aromatic nitrogens is 2. The van der Waals surface area contributed by atoms with Gasteiger partial charge in [0.2, 0.25) is 5.91 Å². The summed E-state index contributed by atoms with van der Waals surface area (Å²) in [5.74, 6) is 0.813. The van der Waals surface area contributed by atoms with E-state index >= 15 is 0 Å². The van der Waals surface area contributed by atoms with E-state index in [9.17, 15) is 10.0 Å². The first kappa shape index (κ1) is 17.6. The third-order valence-corrected chi connectivity index (χ3v) is 5.01. The maximum atomic E-state index is 12.5. The second kappa shape index (κ2) is 7.80. The van der Waals surface area contributed by atoms with E-state index in [0.29, 0.717) is 16.8 Å². The minimum atomic E-state index is -0.152. The quantitative estimate of drug-likeness (QED) is 0.647.